The Labute approximate surface area is 183 Å². The van der Waals surface area contributed by atoms with Crippen molar-refractivity contribution in [3.63, 3.8) is 0 Å². The van der Waals surface area contributed by atoms with Gasteiger partial charge in [-0.15, -0.1) is 11.8 Å². The zero-order valence-electron chi connectivity index (χ0n) is 17.0. The molecule has 0 atom stereocenters. The molecule has 156 valence electrons. The Morgan fingerprint density at radius 3 is 2.87 bits per heavy atom. The van der Waals surface area contributed by atoms with Crippen molar-refractivity contribution in [3.8, 4) is 5.75 Å². The number of amides is 2. The number of benzene rings is 2. The SMILES string of the molecule is COc1ccc2c(c1)sc(=NC(=O)CSCC(=O)N1CCCc3ccccc31)n2C. The molecule has 0 aliphatic carbocycles. The van der Waals surface area contributed by atoms with Gasteiger partial charge in [0.1, 0.15) is 5.75 Å². The lowest BCUT2D eigenvalue weighted by Gasteiger charge is -2.29. The van der Waals surface area contributed by atoms with Crippen LogP contribution in [0.4, 0.5) is 5.69 Å². The maximum atomic E-state index is 12.7. The molecule has 0 saturated carbocycles. The zero-order valence-corrected chi connectivity index (χ0v) is 18.6. The number of fused-ring (bicyclic) bond motifs is 2. The summed E-state index contributed by atoms with van der Waals surface area (Å²) in [7, 11) is 3.52. The number of thiazole rings is 1. The molecule has 2 heterocycles. The van der Waals surface area contributed by atoms with E-state index < -0.39 is 0 Å². The molecule has 1 aliphatic heterocycles. The van der Waals surface area contributed by atoms with E-state index >= 15 is 0 Å². The highest BCUT2D eigenvalue weighted by Gasteiger charge is 2.22. The van der Waals surface area contributed by atoms with E-state index in [0.717, 1.165) is 41.0 Å². The Balaban J connectivity index is 1.39. The number of hydrogen-bond donors (Lipinski definition) is 0. The van der Waals surface area contributed by atoms with Crippen LogP contribution < -0.4 is 14.4 Å². The topological polar surface area (TPSA) is 63.9 Å². The number of aryl methyl sites for hydroxylation is 2. The van der Waals surface area contributed by atoms with Crippen molar-refractivity contribution < 1.29 is 14.3 Å². The number of para-hydroxylation sites is 1. The summed E-state index contributed by atoms with van der Waals surface area (Å²) in [4.78, 5) is 31.8. The first-order valence-corrected chi connectivity index (χ1v) is 11.7. The smallest absolute Gasteiger partial charge is 0.258 e. The van der Waals surface area contributed by atoms with Crippen LogP contribution in [0, 0.1) is 0 Å². The fourth-order valence-electron chi connectivity index (χ4n) is 3.58. The second kappa shape index (κ2) is 9.06. The molecule has 0 fully saturated rings. The number of rotatable bonds is 5. The molecule has 30 heavy (non-hydrogen) atoms. The van der Waals surface area contributed by atoms with E-state index in [-0.39, 0.29) is 23.3 Å². The molecule has 1 aromatic heterocycles. The van der Waals surface area contributed by atoms with Gasteiger partial charge < -0.3 is 14.2 Å². The lowest BCUT2D eigenvalue weighted by atomic mass is 10.0. The van der Waals surface area contributed by atoms with Crippen LogP contribution in [0.25, 0.3) is 10.2 Å². The Bertz CT molecular complexity index is 1170. The van der Waals surface area contributed by atoms with E-state index in [1.54, 1.807) is 7.11 Å². The molecule has 0 N–H and O–H groups in total. The van der Waals surface area contributed by atoms with Crippen LogP contribution in [0.2, 0.25) is 0 Å². The standard InChI is InChI=1S/C22H23N3O3S2/c1-24-18-10-9-16(28-2)12-19(18)30-22(24)23-20(26)13-29-14-21(27)25-11-5-7-15-6-3-4-8-17(15)25/h3-4,6,8-10,12H,5,7,11,13-14H2,1-2H3. The monoisotopic (exact) mass is 441 g/mol. The van der Waals surface area contributed by atoms with Crippen molar-refractivity contribution in [3.05, 3.63) is 52.8 Å². The molecule has 2 amide bonds. The van der Waals surface area contributed by atoms with E-state index in [9.17, 15) is 9.59 Å². The minimum atomic E-state index is -0.235. The number of carbonyl (C=O) groups is 2. The molecule has 8 heteroatoms. The van der Waals surface area contributed by atoms with Crippen molar-refractivity contribution in [2.24, 2.45) is 12.0 Å². The van der Waals surface area contributed by atoms with E-state index in [4.69, 9.17) is 4.74 Å². The van der Waals surface area contributed by atoms with Crippen LogP contribution in [-0.4, -0.2) is 41.5 Å². The summed E-state index contributed by atoms with van der Waals surface area (Å²) in [5, 5.41) is 0. The van der Waals surface area contributed by atoms with Crippen molar-refractivity contribution in [2.75, 3.05) is 30.1 Å². The number of ether oxygens (including phenoxy) is 1. The van der Waals surface area contributed by atoms with Gasteiger partial charge in [-0.2, -0.15) is 4.99 Å². The largest absolute Gasteiger partial charge is 0.497 e. The van der Waals surface area contributed by atoms with Crippen molar-refractivity contribution in [2.45, 2.75) is 12.8 Å². The van der Waals surface area contributed by atoms with Gasteiger partial charge in [0, 0.05) is 19.3 Å². The molecular formula is C22H23N3O3S2. The molecule has 0 bridgehead atoms. The Hall–Kier alpha value is -2.58. The Morgan fingerprint density at radius 1 is 1.20 bits per heavy atom. The van der Waals surface area contributed by atoms with Gasteiger partial charge in [-0.3, -0.25) is 9.59 Å². The highest BCUT2D eigenvalue weighted by atomic mass is 32.2. The van der Waals surface area contributed by atoms with Gasteiger partial charge in [-0.05, 0) is 42.7 Å². The van der Waals surface area contributed by atoms with E-state index in [1.165, 1.54) is 28.7 Å². The number of aromatic nitrogens is 1. The number of methoxy groups -OCH3 is 1. The molecule has 3 aromatic rings. The molecular weight excluding hydrogens is 418 g/mol. The summed E-state index contributed by atoms with van der Waals surface area (Å²) >= 11 is 2.76. The maximum absolute atomic E-state index is 12.7. The van der Waals surface area contributed by atoms with Crippen molar-refractivity contribution in [1.82, 2.24) is 4.57 Å². The Kier molecular flexibility index (Phi) is 6.24. The molecule has 1 aliphatic rings. The predicted molar refractivity (Wildman–Crippen MR) is 122 cm³/mol. The molecule has 2 aromatic carbocycles. The first kappa shape index (κ1) is 20.7. The first-order chi connectivity index (χ1) is 14.6. The summed E-state index contributed by atoms with van der Waals surface area (Å²) in [6.45, 7) is 0.732. The van der Waals surface area contributed by atoms with Crippen LogP contribution in [-0.2, 0) is 23.1 Å². The van der Waals surface area contributed by atoms with Crippen LogP contribution in [0.5, 0.6) is 5.75 Å². The van der Waals surface area contributed by atoms with Crippen LogP contribution in [0.3, 0.4) is 0 Å². The number of thioether (sulfide) groups is 1. The molecule has 0 unspecified atom stereocenters. The van der Waals surface area contributed by atoms with Gasteiger partial charge in [-0.25, -0.2) is 0 Å². The fraction of sp³-hybridized carbons (Fsp3) is 0.318. The lowest BCUT2D eigenvalue weighted by molar-refractivity contribution is -0.116. The summed E-state index contributed by atoms with van der Waals surface area (Å²) in [6, 6.07) is 13.8. The third-order valence-electron chi connectivity index (χ3n) is 5.10. The summed E-state index contributed by atoms with van der Waals surface area (Å²) < 4.78 is 8.17. The molecule has 6 nitrogen and oxygen atoms in total. The second-order valence-corrected chi connectivity index (χ2v) is 9.05. The number of nitrogens with zero attached hydrogens (tertiary/aromatic N) is 3. The van der Waals surface area contributed by atoms with Crippen molar-refractivity contribution in [1.29, 1.82) is 0 Å². The quantitative estimate of drug-likeness (QED) is 0.609. The van der Waals surface area contributed by atoms with Gasteiger partial charge >= 0.3 is 0 Å². The third kappa shape index (κ3) is 4.29. The fourth-order valence-corrected chi connectivity index (χ4v) is 5.32. The van der Waals surface area contributed by atoms with Crippen LogP contribution in [0.1, 0.15) is 12.0 Å². The first-order valence-electron chi connectivity index (χ1n) is 9.74. The van der Waals surface area contributed by atoms with Gasteiger partial charge in [0.05, 0.1) is 28.8 Å². The van der Waals surface area contributed by atoms with E-state index in [2.05, 4.69) is 11.1 Å². The van der Waals surface area contributed by atoms with Crippen molar-refractivity contribution >= 4 is 50.8 Å². The minimum Gasteiger partial charge on any atom is -0.497 e. The highest BCUT2D eigenvalue weighted by Crippen LogP contribution is 2.27. The summed E-state index contributed by atoms with van der Waals surface area (Å²) in [5.41, 5.74) is 3.21. The number of carbonyl (C=O) groups excluding carboxylic acids is 2. The van der Waals surface area contributed by atoms with Crippen LogP contribution >= 0.6 is 23.1 Å². The molecule has 0 radical (unpaired) electrons. The molecule has 0 saturated heterocycles. The van der Waals surface area contributed by atoms with Gasteiger partial charge in [0.2, 0.25) is 5.91 Å². The summed E-state index contributed by atoms with van der Waals surface area (Å²) in [5.74, 6) is 1.03. The minimum absolute atomic E-state index is 0.0412. The lowest BCUT2D eigenvalue weighted by Crippen LogP contribution is -2.36. The summed E-state index contributed by atoms with van der Waals surface area (Å²) in [6.07, 6.45) is 1.97. The number of anilines is 1. The zero-order chi connectivity index (χ0) is 21.1. The van der Waals surface area contributed by atoms with E-state index in [1.807, 2.05) is 52.9 Å². The molecule has 0 spiro atoms. The average molecular weight is 442 g/mol. The molecule has 4 rings (SSSR count). The third-order valence-corrected chi connectivity index (χ3v) is 7.10. The maximum Gasteiger partial charge on any atom is 0.258 e. The normalized spacial score (nSPS) is 14.1. The second-order valence-electron chi connectivity index (χ2n) is 7.05. The predicted octanol–water partition coefficient (Wildman–Crippen LogP) is 3.39. The van der Waals surface area contributed by atoms with Gasteiger partial charge in [0.25, 0.3) is 5.91 Å². The van der Waals surface area contributed by atoms with Gasteiger partial charge in [0.15, 0.2) is 4.80 Å². The number of hydrogen-bond acceptors (Lipinski definition) is 5. The van der Waals surface area contributed by atoms with Gasteiger partial charge in [-0.1, -0.05) is 29.5 Å². The van der Waals surface area contributed by atoms with E-state index in [0.29, 0.717) is 4.80 Å². The average Bonchev–Trinajstić information content (AvgIpc) is 3.07. The highest BCUT2D eigenvalue weighted by molar-refractivity contribution is 8.00. The Morgan fingerprint density at radius 2 is 2.03 bits per heavy atom. The van der Waals surface area contributed by atoms with Crippen LogP contribution in [0.15, 0.2) is 47.5 Å².